The van der Waals surface area contributed by atoms with E-state index < -0.39 is 0 Å². The highest BCUT2D eigenvalue weighted by molar-refractivity contribution is 14.0. The maximum Gasteiger partial charge on any atom is 0.321 e. The monoisotopic (exact) mass is 471 g/mol. The topological polar surface area (TPSA) is 74.0 Å². The molecular weight excluding hydrogens is 441 g/mol. The number of urea groups is 1. The number of rotatable bonds is 3. The van der Waals surface area contributed by atoms with Crippen molar-refractivity contribution in [2.45, 2.75) is 39.2 Å². The van der Waals surface area contributed by atoms with Gasteiger partial charge in [0.2, 0.25) is 0 Å². The molecule has 26 heavy (non-hydrogen) atoms. The van der Waals surface area contributed by atoms with Crippen LogP contribution in [-0.4, -0.2) is 48.0 Å². The molecule has 0 spiro atoms. The Bertz CT molecular complexity index is 630. The van der Waals surface area contributed by atoms with Crippen molar-refractivity contribution in [3.8, 4) is 0 Å². The molecule has 3 N–H and O–H groups in total. The number of anilines is 1. The van der Waals surface area contributed by atoms with Crippen LogP contribution < -0.4 is 11.1 Å². The lowest BCUT2D eigenvalue weighted by Gasteiger charge is -2.31. The first-order valence-corrected chi connectivity index (χ1v) is 9.31. The van der Waals surface area contributed by atoms with Crippen molar-refractivity contribution in [3.05, 3.63) is 29.8 Å². The summed E-state index contributed by atoms with van der Waals surface area (Å²) in [7, 11) is 0. The molecular formula is C19H30IN5O. The number of benzene rings is 1. The largest absolute Gasteiger partial charge is 0.370 e. The number of piperidine rings is 1. The smallest absolute Gasteiger partial charge is 0.321 e. The molecule has 2 saturated heterocycles. The second kappa shape index (κ2) is 9.99. The molecule has 7 heteroatoms. The van der Waals surface area contributed by atoms with E-state index in [0.29, 0.717) is 18.4 Å². The van der Waals surface area contributed by atoms with Crippen LogP contribution in [0.3, 0.4) is 0 Å². The minimum atomic E-state index is -0.0139. The van der Waals surface area contributed by atoms with Gasteiger partial charge in [-0.15, -0.1) is 24.0 Å². The lowest BCUT2D eigenvalue weighted by Crippen LogP contribution is -2.43. The zero-order valence-electron chi connectivity index (χ0n) is 15.5. The summed E-state index contributed by atoms with van der Waals surface area (Å²) in [5.41, 5.74) is 8.02. The van der Waals surface area contributed by atoms with E-state index in [4.69, 9.17) is 5.73 Å². The lowest BCUT2D eigenvalue weighted by atomic mass is 10.0. The fraction of sp³-hybridized carbons (Fsp3) is 0.579. The SMILES string of the molecule is CC1CCCN(C(N)=NCc2cccc(NC(=O)N3CCCC3)c2)C1.I. The molecule has 2 amide bonds. The van der Waals surface area contributed by atoms with Crippen LogP contribution >= 0.6 is 24.0 Å². The van der Waals surface area contributed by atoms with Crippen molar-refractivity contribution in [2.24, 2.45) is 16.6 Å². The molecule has 1 atom stereocenters. The molecule has 1 aromatic rings. The Hall–Kier alpha value is -1.51. The van der Waals surface area contributed by atoms with E-state index in [9.17, 15) is 4.79 Å². The van der Waals surface area contributed by atoms with Gasteiger partial charge in [-0.3, -0.25) is 0 Å². The Balaban J connectivity index is 0.00000243. The molecule has 144 valence electrons. The van der Waals surface area contributed by atoms with Crippen molar-refractivity contribution in [1.29, 1.82) is 0 Å². The summed E-state index contributed by atoms with van der Waals surface area (Å²) in [6, 6.07) is 7.84. The fourth-order valence-electron chi connectivity index (χ4n) is 3.54. The second-order valence-corrected chi connectivity index (χ2v) is 7.19. The third-order valence-corrected chi connectivity index (χ3v) is 4.98. The van der Waals surface area contributed by atoms with E-state index in [-0.39, 0.29) is 30.0 Å². The van der Waals surface area contributed by atoms with Crippen LogP contribution in [0.1, 0.15) is 38.2 Å². The first-order valence-electron chi connectivity index (χ1n) is 9.31. The predicted molar refractivity (Wildman–Crippen MR) is 117 cm³/mol. The first-order chi connectivity index (χ1) is 12.1. The summed E-state index contributed by atoms with van der Waals surface area (Å²) in [5, 5.41) is 2.98. The number of nitrogens with one attached hydrogen (secondary N) is 1. The van der Waals surface area contributed by atoms with Crippen LogP contribution in [0.5, 0.6) is 0 Å². The van der Waals surface area contributed by atoms with Gasteiger partial charge in [-0.05, 0) is 49.3 Å². The van der Waals surface area contributed by atoms with Crippen LogP contribution in [0.4, 0.5) is 10.5 Å². The van der Waals surface area contributed by atoms with Gasteiger partial charge < -0.3 is 20.9 Å². The average Bonchev–Trinajstić information content (AvgIpc) is 3.15. The maximum absolute atomic E-state index is 12.2. The van der Waals surface area contributed by atoms with Gasteiger partial charge in [0.25, 0.3) is 0 Å². The van der Waals surface area contributed by atoms with E-state index in [1.807, 2.05) is 29.2 Å². The minimum absolute atomic E-state index is 0. The molecule has 2 fully saturated rings. The zero-order valence-corrected chi connectivity index (χ0v) is 17.8. The number of hydrogen-bond acceptors (Lipinski definition) is 2. The van der Waals surface area contributed by atoms with E-state index >= 15 is 0 Å². The van der Waals surface area contributed by atoms with Gasteiger partial charge >= 0.3 is 6.03 Å². The van der Waals surface area contributed by atoms with Gasteiger partial charge in [0.1, 0.15) is 0 Å². The molecule has 0 aromatic heterocycles. The Morgan fingerprint density at radius 2 is 1.96 bits per heavy atom. The Morgan fingerprint density at radius 3 is 2.69 bits per heavy atom. The molecule has 0 radical (unpaired) electrons. The highest BCUT2D eigenvalue weighted by Gasteiger charge is 2.18. The Kier molecular flexibility index (Phi) is 7.99. The number of carbonyl (C=O) groups is 1. The van der Waals surface area contributed by atoms with Crippen molar-refractivity contribution >= 4 is 41.7 Å². The zero-order chi connectivity index (χ0) is 17.6. The third-order valence-electron chi connectivity index (χ3n) is 4.98. The molecule has 2 heterocycles. The lowest BCUT2D eigenvalue weighted by molar-refractivity contribution is 0.222. The van der Waals surface area contributed by atoms with E-state index in [0.717, 1.165) is 50.3 Å². The Labute approximate surface area is 173 Å². The normalized spacial score (nSPS) is 20.7. The quantitative estimate of drug-likeness (QED) is 0.403. The molecule has 1 unspecified atom stereocenters. The number of aliphatic imine (C=N–C) groups is 1. The van der Waals surface area contributed by atoms with Crippen LogP contribution in [0.25, 0.3) is 0 Å². The predicted octanol–water partition coefficient (Wildman–Crippen LogP) is 3.48. The van der Waals surface area contributed by atoms with Crippen LogP contribution in [0.2, 0.25) is 0 Å². The van der Waals surface area contributed by atoms with Gasteiger partial charge in [0.15, 0.2) is 5.96 Å². The van der Waals surface area contributed by atoms with Crippen molar-refractivity contribution < 1.29 is 4.79 Å². The van der Waals surface area contributed by atoms with Crippen LogP contribution in [0.15, 0.2) is 29.3 Å². The number of nitrogens with zero attached hydrogens (tertiary/aromatic N) is 3. The van der Waals surface area contributed by atoms with Gasteiger partial charge in [0.05, 0.1) is 6.54 Å². The van der Waals surface area contributed by atoms with Crippen LogP contribution in [-0.2, 0) is 6.54 Å². The molecule has 0 bridgehead atoms. The summed E-state index contributed by atoms with van der Waals surface area (Å²) >= 11 is 0. The van der Waals surface area contributed by atoms with Gasteiger partial charge in [-0.1, -0.05) is 19.1 Å². The molecule has 2 aliphatic heterocycles. The van der Waals surface area contributed by atoms with Crippen molar-refractivity contribution in [2.75, 3.05) is 31.5 Å². The van der Waals surface area contributed by atoms with Crippen LogP contribution in [0, 0.1) is 5.92 Å². The van der Waals surface area contributed by atoms with Gasteiger partial charge in [-0.2, -0.15) is 0 Å². The highest BCUT2D eigenvalue weighted by atomic mass is 127. The number of nitrogens with two attached hydrogens (primary N) is 1. The minimum Gasteiger partial charge on any atom is -0.370 e. The fourth-order valence-corrected chi connectivity index (χ4v) is 3.54. The number of amides is 2. The van der Waals surface area contributed by atoms with Gasteiger partial charge in [0, 0.05) is 31.9 Å². The maximum atomic E-state index is 12.2. The Morgan fingerprint density at radius 1 is 1.23 bits per heavy atom. The third kappa shape index (κ3) is 5.75. The number of guanidine groups is 1. The second-order valence-electron chi connectivity index (χ2n) is 7.19. The number of carbonyl (C=O) groups excluding carboxylic acids is 1. The van der Waals surface area contributed by atoms with E-state index in [1.165, 1.54) is 12.8 Å². The number of likely N-dealkylation sites (tertiary alicyclic amines) is 2. The summed E-state index contributed by atoms with van der Waals surface area (Å²) in [4.78, 5) is 20.8. The molecule has 0 aliphatic carbocycles. The summed E-state index contributed by atoms with van der Waals surface area (Å²) in [5.74, 6) is 1.30. The number of hydrogen-bond donors (Lipinski definition) is 2. The van der Waals surface area contributed by atoms with Gasteiger partial charge in [-0.25, -0.2) is 9.79 Å². The average molecular weight is 471 g/mol. The molecule has 0 saturated carbocycles. The molecule has 2 aliphatic rings. The summed E-state index contributed by atoms with van der Waals surface area (Å²) in [6.07, 6.45) is 4.63. The highest BCUT2D eigenvalue weighted by Crippen LogP contribution is 2.17. The standard InChI is InChI=1S/C19H29N5O.HI/c1-15-6-5-11-24(14-15)18(20)21-13-16-7-4-8-17(12-16)22-19(25)23-9-2-3-10-23;/h4,7-8,12,15H,2-3,5-6,9-11,13-14H2,1H3,(H2,20,21)(H,22,25);1H. The summed E-state index contributed by atoms with van der Waals surface area (Å²) < 4.78 is 0. The summed E-state index contributed by atoms with van der Waals surface area (Å²) in [6.45, 7) is 6.46. The van der Waals surface area contributed by atoms with E-state index in [1.54, 1.807) is 0 Å². The number of halogens is 1. The molecule has 6 nitrogen and oxygen atoms in total. The molecule has 3 rings (SSSR count). The first kappa shape index (κ1) is 20.8. The van der Waals surface area contributed by atoms with Crippen molar-refractivity contribution in [1.82, 2.24) is 9.80 Å². The molecule has 1 aromatic carbocycles. The van der Waals surface area contributed by atoms with E-state index in [2.05, 4.69) is 22.1 Å². The van der Waals surface area contributed by atoms with Crippen molar-refractivity contribution in [3.63, 3.8) is 0 Å².